The number of aromatic nitrogens is 3. The van der Waals surface area contributed by atoms with Crippen LogP contribution in [-0.4, -0.2) is 52.5 Å². The molecule has 2 saturated heterocycles. The number of thioether (sulfide) groups is 1. The number of halogens is 2. The minimum Gasteiger partial charge on any atom is -0.375 e. The zero-order valence-electron chi connectivity index (χ0n) is 22.2. The van der Waals surface area contributed by atoms with Crippen molar-refractivity contribution in [1.82, 2.24) is 15.0 Å². The first-order valence-electron chi connectivity index (χ1n) is 13.0. The number of aryl methyl sites for hydroxylation is 1. The standard InChI is InChI=1S/C30H26ClFN4O4S/c1-17-8-9-19(12-22(17)32)23-15-36(35-34-23)26-27-24(16-38-29(40-27)18-6-4-3-5-7-18)39-30(28(26)37-2)41-25-13-21(31)11-10-20(25)14-33/h3-13,15,24,26-30H,16H2,1-2H3/t24?,26?,27-,28?,29?,30+/m0/s1. The number of nitrogens with zero attached hydrogens (tertiary/aromatic N) is 4. The summed E-state index contributed by atoms with van der Waals surface area (Å²) in [5, 5.41) is 19.0. The topological polar surface area (TPSA) is 91.4 Å². The van der Waals surface area contributed by atoms with E-state index in [0.29, 0.717) is 32.3 Å². The minimum absolute atomic E-state index is 0.263. The van der Waals surface area contributed by atoms with Crippen LogP contribution in [0.25, 0.3) is 11.3 Å². The number of benzene rings is 3. The Hall–Kier alpha value is -3.30. The molecule has 2 aliphatic heterocycles. The molecular formula is C30H26ClFN4O4S. The first-order valence-corrected chi connectivity index (χ1v) is 14.3. The molecule has 4 aromatic rings. The van der Waals surface area contributed by atoms with Gasteiger partial charge >= 0.3 is 0 Å². The normalized spacial score (nSPS) is 25.8. The van der Waals surface area contributed by atoms with Gasteiger partial charge in [-0.05, 0) is 36.8 Å². The van der Waals surface area contributed by atoms with Gasteiger partial charge in [0.2, 0.25) is 0 Å². The largest absolute Gasteiger partial charge is 0.375 e. The molecule has 210 valence electrons. The summed E-state index contributed by atoms with van der Waals surface area (Å²) in [5.41, 5.74) is 2.45. The lowest BCUT2D eigenvalue weighted by atomic mass is 9.95. The van der Waals surface area contributed by atoms with E-state index >= 15 is 0 Å². The molecule has 11 heteroatoms. The van der Waals surface area contributed by atoms with Gasteiger partial charge in [-0.25, -0.2) is 9.07 Å². The van der Waals surface area contributed by atoms with E-state index in [9.17, 15) is 9.65 Å². The highest BCUT2D eigenvalue weighted by atomic mass is 35.5. The van der Waals surface area contributed by atoms with Crippen molar-refractivity contribution < 1.29 is 23.3 Å². The van der Waals surface area contributed by atoms with Crippen LogP contribution in [0.5, 0.6) is 0 Å². The van der Waals surface area contributed by atoms with Gasteiger partial charge in [-0.1, -0.05) is 71.0 Å². The van der Waals surface area contributed by atoms with Gasteiger partial charge in [0.25, 0.3) is 0 Å². The summed E-state index contributed by atoms with van der Waals surface area (Å²) >= 11 is 7.61. The Morgan fingerprint density at radius 1 is 1.12 bits per heavy atom. The number of rotatable bonds is 6. The summed E-state index contributed by atoms with van der Waals surface area (Å²) in [6.07, 6.45) is -0.419. The molecule has 6 rings (SSSR count). The molecule has 8 nitrogen and oxygen atoms in total. The molecular weight excluding hydrogens is 567 g/mol. The molecule has 1 aromatic heterocycles. The molecule has 41 heavy (non-hydrogen) atoms. The second-order valence-electron chi connectivity index (χ2n) is 9.83. The summed E-state index contributed by atoms with van der Waals surface area (Å²) in [5.74, 6) is -0.317. The Labute approximate surface area is 245 Å². The summed E-state index contributed by atoms with van der Waals surface area (Å²) in [4.78, 5) is 0.665. The monoisotopic (exact) mass is 592 g/mol. The zero-order valence-corrected chi connectivity index (χ0v) is 23.8. The number of nitriles is 1. The Balaban J connectivity index is 1.38. The van der Waals surface area contributed by atoms with Crippen LogP contribution in [0.3, 0.4) is 0 Å². The quantitative estimate of drug-likeness (QED) is 0.265. The summed E-state index contributed by atoms with van der Waals surface area (Å²) in [6.45, 7) is 1.97. The van der Waals surface area contributed by atoms with Gasteiger partial charge in [-0.15, -0.1) is 5.10 Å². The summed E-state index contributed by atoms with van der Waals surface area (Å²) in [6, 6.07) is 21.5. The second kappa shape index (κ2) is 11.9. The van der Waals surface area contributed by atoms with E-state index in [-0.39, 0.29) is 12.4 Å². The maximum Gasteiger partial charge on any atom is 0.184 e. The van der Waals surface area contributed by atoms with Crippen LogP contribution >= 0.6 is 23.4 Å². The third kappa shape index (κ3) is 5.62. The van der Waals surface area contributed by atoms with E-state index in [1.54, 1.807) is 49.2 Å². The number of ether oxygens (including phenoxy) is 4. The van der Waals surface area contributed by atoms with Crippen molar-refractivity contribution in [2.75, 3.05) is 13.7 Å². The van der Waals surface area contributed by atoms with Crippen LogP contribution in [0.15, 0.2) is 77.8 Å². The smallest absolute Gasteiger partial charge is 0.184 e. The van der Waals surface area contributed by atoms with Crippen LogP contribution in [0.1, 0.15) is 29.0 Å². The van der Waals surface area contributed by atoms with E-state index in [1.807, 2.05) is 36.4 Å². The maximum absolute atomic E-state index is 14.4. The van der Waals surface area contributed by atoms with Gasteiger partial charge in [0.15, 0.2) is 6.29 Å². The van der Waals surface area contributed by atoms with Gasteiger partial charge in [-0.3, -0.25) is 0 Å². The molecule has 0 spiro atoms. The van der Waals surface area contributed by atoms with Crippen LogP contribution < -0.4 is 0 Å². The van der Waals surface area contributed by atoms with Crippen LogP contribution in [-0.2, 0) is 18.9 Å². The van der Waals surface area contributed by atoms with Gasteiger partial charge in [-0.2, -0.15) is 5.26 Å². The highest BCUT2D eigenvalue weighted by molar-refractivity contribution is 7.99. The minimum atomic E-state index is -0.613. The fourth-order valence-corrected chi connectivity index (χ4v) is 6.64. The van der Waals surface area contributed by atoms with Crippen molar-refractivity contribution in [3.63, 3.8) is 0 Å². The van der Waals surface area contributed by atoms with Crippen molar-refractivity contribution in [3.05, 3.63) is 100 Å². The third-order valence-corrected chi connectivity index (χ3v) is 8.68. The lowest BCUT2D eigenvalue weighted by Crippen LogP contribution is -2.59. The predicted molar refractivity (Wildman–Crippen MR) is 151 cm³/mol. The molecule has 0 radical (unpaired) electrons. The Kier molecular flexibility index (Phi) is 8.08. The van der Waals surface area contributed by atoms with Crippen LogP contribution in [0.2, 0.25) is 5.02 Å². The van der Waals surface area contributed by atoms with Crippen molar-refractivity contribution in [2.45, 2.75) is 47.9 Å². The molecule has 2 aliphatic rings. The highest BCUT2D eigenvalue weighted by Gasteiger charge is 2.52. The van der Waals surface area contributed by atoms with E-state index < -0.39 is 36.1 Å². The van der Waals surface area contributed by atoms with E-state index in [4.69, 9.17) is 30.5 Å². The zero-order chi connectivity index (χ0) is 28.5. The molecule has 3 heterocycles. The van der Waals surface area contributed by atoms with Gasteiger partial charge in [0.05, 0.1) is 18.4 Å². The van der Waals surface area contributed by atoms with Crippen LogP contribution in [0, 0.1) is 24.1 Å². The summed E-state index contributed by atoms with van der Waals surface area (Å²) < 4.78 is 41.2. The van der Waals surface area contributed by atoms with Crippen molar-refractivity contribution in [3.8, 4) is 17.3 Å². The Morgan fingerprint density at radius 2 is 1.95 bits per heavy atom. The number of hydrogen-bond acceptors (Lipinski definition) is 8. The molecule has 0 aliphatic carbocycles. The predicted octanol–water partition coefficient (Wildman–Crippen LogP) is 6.11. The van der Waals surface area contributed by atoms with Crippen molar-refractivity contribution in [1.29, 1.82) is 5.26 Å². The molecule has 0 bridgehead atoms. The average molecular weight is 593 g/mol. The van der Waals surface area contributed by atoms with Gasteiger partial charge < -0.3 is 18.9 Å². The fraction of sp³-hybridized carbons (Fsp3) is 0.300. The SMILES string of the molecule is COC1C(n2cc(-c3ccc(C)c(F)c3)nn2)[C@H]2OC(c3ccccc3)OCC2O[C@@H]1Sc1cc(Cl)ccc1C#N. The molecule has 3 aromatic carbocycles. The number of fused-ring (bicyclic) bond motifs is 1. The van der Waals surface area contributed by atoms with E-state index in [1.165, 1.54) is 17.8 Å². The highest BCUT2D eigenvalue weighted by Crippen LogP contribution is 2.45. The van der Waals surface area contributed by atoms with Crippen LogP contribution in [0.4, 0.5) is 4.39 Å². The Morgan fingerprint density at radius 3 is 2.71 bits per heavy atom. The molecule has 4 unspecified atom stereocenters. The lowest BCUT2D eigenvalue weighted by Gasteiger charge is -2.48. The fourth-order valence-electron chi connectivity index (χ4n) is 5.11. The van der Waals surface area contributed by atoms with E-state index in [2.05, 4.69) is 16.4 Å². The first-order chi connectivity index (χ1) is 19.9. The van der Waals surface area contributed by atoms with Crippen molar-refractivity contribution in [2.24, 2.45) is 0 Å². The average Bonchev–Trinajstić information content (AvgIpc) is 3.48. The van der Waals surface area contributed by atoms with Gasteiger partial charge in [0, 0.05) is 28.2 Å². The third-order valence-electron chi connectivity index (χ3n) is 7.24. The lowest BCUT2D eigenvalue weighted by molar-refractivity contribution is -0.308. The van der Waals surface area contributed by atoms with E-state index in [0.717, 1.165) is 5.56 Å². The number of methoxy groups -OCH3 is 1. The second-order valence-corrected chi connectivity index (χ2v) is 11.4. The molecule has 6 atom stereocenters. The maximum atomic E-state index is 14.4. The molecule has 0 saturated carbocycles. The van der Waals surface area contributed by atoms with Gasteiger partial charge in [0.1, 0.15) is 47.4 Å². The number of hydrogen-bond donors (Lipinski definition) is 0. The molecule has 2 fully saturated rings. The molecule has 0 N–H and O–H groups in total. The first kappa shape index (κ1) is 27.8. The Bertz CT molecular complexity index is 1580. The molecule has 0 amide bonds. The summed E-state index contributed by atoms with van der Waals surface area (Å²) in [7, 11) is 1.60. The van der Waals surface area contributed by atoms with Crippen molar-refractivity contribution >= 4 is 23.4 Å².